The molecule has 106 valence electrons. The zero-order valence-electron chi connectivity index (χ0n) is 12.7. The Morgan fingerprint density at radius 3 is 2.61 bits per heavy atom. The van der Waals surface area contributed by atoms with E-state index in [4.69, 9.17) is 0 Å². The number of carbonyl (C=O) groups excluding carboxylic acids is 1. The van der Waals surface area contributed by atoms with E-state index in [1.54, 1.807) is 0 Å². The molecule has 1 fully saturated rings. The van der Waals surface area contributed by atoms with E-state index in [0.29, 0.717) is 17.6 Å². The first-order valence-electron chi connectivity index (χ1n) is 7.81. The molecule has 0 saturated heterocycles. The van der Waals surface area contributed by atoms with Crippen LogP contribution in [0.2, 0.25) is 0 Å². The van der Waals surface area contributed by atoms with Crippen LogP contribution in [0.4, 0.5) is 0 Å². The second kappa shape index (κ2) is 7.93. The van der Waals surface area contributed by atoms with E-state index in [-0.39, 0.29) is 0 Å². The fourth-order valence-electron chi connectivity index (χ4n) is 3.21. The normalized spacial score (nSPS) is 25.1. The predicted octanol–water partition coefficient (Wildman–Crippen LogP) is 3.75. The highest BCUT2D eigenvalue weighted by Crippen LogP contribution is 2.30. The van der Waals surface area contributed by atoms with Crippen molar-refractivity contribution in [2.45, 2.75) is 59.8 Å². The summed E-state index contributed by atoms with van der Waals surface area (Å²) in [5, 5.41) is 0. The first kappa shape index (κ1) is 15.7. The van der Waals surface area contributed by atoms with E-state index in [0.717, 1.165) is 44.8 Å². The summed E-state index contributed by atoms with van der Waals surface area (Å²) in [6.07, 6.45) is 5.67. The molecule has 1 saturated carbocycles. The highest BCUT2D eigenvalue weighted by molar-refractivity contribution is 5.81. The lowest BCUT2D eigenvalue weighted by Gasteiger charge is -2.32. The smallest absolute Gasteiger partial charge is 0.137 e. The van der Waals surface area contributed by atoms with Crippen LogP contribution in [-0.4, -0.2) is 30.3 Å². The number of carbonyl (C=O) groups is 1. The Hall–Kier alpha value is -0.370. The fourth-order valence-corrected chi connectivity index (χ4v) is 3.21. The highest BCUT2D eigenvalue weighted by Gasteiger charge is 2.29. The SMILES string of the molecule is CCCC1CCC(=O)C(CN(CC)CC(C)C)C1. The van der Waals surface area contributed by atoms with Crippen LogP contribution in [0.25, 0.3) is 0 Å². The molecule has 18 heavy (non-hydrogen) atoms. The van der Waals surface area contributed by atoms with Crippen LogP contribution in [0.5, 0.6) is 0 Å². The van der Waals surface area contributed by atoms with E-state index in [1.165, 1.54) is 12.8 Å². The van der Waals surface area contributed by atoms with Gasteiger partial charge >= 0.3 is 0 Å². The minimum Gasteiger partial charge on any atom is -0.303 e. The van der Waals surface area contributed by atoms with E-state index < -0.39 is 0 Å². The van der Waals surface area contributed by atoms with Crippen LogP contribution < -0.4 is 0 Å². The first-order chi connectivity index (χ1) is 8.56. The Labute approximate surface area is 113 Å². The van der Waals surface area contributed by atoms with Crippen molar-refractivity contribution in [1.82, 2.24) is 4.90 Å². The van der Waals surface area contributed by atoms with Crippen LogP contribution in [0.3, 0.4) is 0 Å². The molecule has 0 aromatic carbocycles. The van der Waals surface area contributed by atoms with E-state index in [2.05, 4.69) is 32.6 Å². The van der Waals surface area contributed by atoms with Crippen molar-refractivity contribution in [3.05, 3.63) is 0 Å². The molecule has 0 N–H and O–H groups in total. The molecule has 0 aliphatic heterocycles. The average molecular weight is 253 g/mol. The molecule has 0 radical (unpaired) electrons. The van der Waals surface area contributed by atoms with Crippen molar-refractivity contribution in [3.8, 4) is 0 Å². The van der Waals surface area contributed by atoms with Crippen LogP contribution in [0, 0.1) is 17.8 Å². The molecule has 2 heteroatoms. The second-order valence-corrected chi connectivity index (χ2v) is 6.34. The Morgan fingerprint density at radius 2 is 2.06 bits per heavy atom. The molecule has 2 nitrogen and oxygen atoms in total. The number of ketones is 1. The fraction of sp³-hybridized carbons (Fsp3) is 0.938. The largest absolute Gasteiger partial charge is 0.303 e. The van der Waals surface area contributed by atoms with Gasteiger partial charge in [-0.2, -0.15) is 0 Å². The highest BCUT2D eigenvalue weighted by atomic mass is 16.1. The van der Waals surface area contributed by atoms with Crippen LogP contribution in [0.1, 0.15) is 59.8 Å². The number of rotatable bonds is 7. The summed E-state index contributed by atoms with van der Waals surface area (Å²) in [5.74, 6) is 2.32. The molecular weight excluding hydrogens is 222 g/mol. The Balaban J connectivity index is 2.48. The summed E-state index contributed by atoms with van der Waals surface area (Å²) >= 11 is 0. The van der Waals surface area contributed by atoms with Gasteiger partial charge in [0.1, 0.15) is 5.78 Å². The van der Waals surface area contributed by atoms with Gasteiger partial charge in [-0.15, -0.1) is 0 Å². The van der Waals surface area contributed by atoms with Crippen molar-refractivity contribution in [3.63, 3.8) is 0 Å². The predicted molar refractivity (Wildman–Crippen MR) is 77.7 cm³/mol. The first-order valence-corrected chi connectivity index (χ1v) is 7.81. The summed E-state index contributed by atoms with van der Waals surface area (Å²) in [4.78, 5) is 14.5. The number of hydrogen-bond acceptors (Lipinski definition) is 2. The summed E-state index contributed by atoms with van der Waals surface area (Å²) < 4.78 is 0. The molecule has 2 unspecified atom stereocenters. The summed E-state index contributed by atoms with van der Waals surface area (Å²) in [5.41, 5.74) is 0. The zero-order chi connectivity index (χ0) is 13.5. The Morgan fingerprint density at radius 1 is 1.33 bits per heavy atom. The minimum atomic E-state index is 0.314. The Bertz CT molecular complexity index is 249. The maximum atomic E-state index is 12.1. The van der Waals surface area contributed by atoms with Crippen molar-refractivity contribution >= 4 is 5.78 Å². The molecule has 0 aromatic heterocycles. The standard InChI is InChI=1S/C16H31NO/c1-5-7-14-8-9-16(18)15(10-14)12-17(6-2)11-13(3)4/h13-15H,5-12H2,1-4H3. The van der Waals surface area contributed by atoms with E-state index in [1.807, 2.05) is 0 Å². The van der Waals surface area contributed by atoms with Gasteiger partial charge in [-0.05, 0) is 31.2 Å². The lowest BCUT2D eigenvalue weighted by molar-refractivity contribution is -0.126. The maximum Gasteiger partial charge on any atom is 0.137 e. The minimum absolute atomic E-state index is 0.314. The van der Waals surface area contributed by atoms with Gasteiger partial charge in [-0.25, -0.2) is 0 Å². The summed E-state index contributed by atoms with van der Waals surface area (Å²) in [7, 11) is 0. The molecular formula is C16H31NO. The van der Waals surface area contributed by atoms with Gasteiger partial charge in [0.2, 0.25) is 0 Å². The van der Waals surface area contributed by atoms with Gasteiger partial charge in [-0.3, -0.25) is 4.79 Å². The summed E-state index contributed by atoms with van der Waals surface area (Å²) in [6.45, 7) is 12.2. The molecule has 1 rings (SSSR count). The quantitative estimate of drug-likeness (QED) is 0.688. The maximum absolute atomic E-state index is 12.1. The Kier molecular flexibility index (Phi) is 6.91. The van der Waals surface area contributed by atoms with Gasteiger partial charge in [0, 0.05) is 25.4 Å². The van der Waals surface area contributed by atoms with Crippen molar-refractivity contribution in [2.24, 2.45) is 17.8 Å². The molecule has 0 spiro atoms. The van der Waals surface area contributed by atoms with Crippen LogP contribution in [0.15, 0.2) is 0 Å². The van der Waals surface area contributed by atoms with Crippen molar-refractivity contribution in [1.29, 1.82) is 0 Å². The third kappa shape index (κ3) is 5.09. The van der Waals surface area contributed by atoms with Gasteiger partial charge in [-0.1, -0.05) is 40.5 Å². The van der Waals surface area contributed by atoms with Crippen LogP contribution in [-0.2, 0) is 4.79 Å². The van der Waals surface area contributed by atoms with Gasteiger partial charge in [0.05, 0.1) is 0 Å². The third-order valence-corrected chi connectivity index (χ3v) is 4.12. The topological polar surface area (TPSA) is 20.3 Å². The summed E-state index contributed by atoms with van der Waals surface area (Å²) in [6, 6.07) is 0. The molecule has 0 heterocycles. The number of nitrogens with zero attached hydrogens (tertiary/aromatic N) is 1. The third-order valence-electron chi connectivity index (χ3n) is 4.12. The number of hydrogen-bond donors (Lipinski definition) is 0. The monoisotopic (exact) mass is 253 g/mol. The average Bonchev–Trinajstić information content (AvgIpc) is 2.32. The van der Waals surface area contributed by atoms with Gasteiger partial charge in [0.25, 0.3) is 0 Å². The van der Waals surface area contributed by atoms with Gasteiger partial charge in [0.15, 0.2) is 0 Å². The molecule has 0 aromatic rings. The van der Waals surface area contributed by atoms with E-state index >= 15 is 0 Å². The second-order valence-electron chi connectivity index (χ2n) is 6.34. The van der Waals surface area contributed by atoms with E-state index in [9.17, 15) is 4.79 Å². The van der Waals surface area contributed by atoms with Crippen LogP contribution >= 0.6 is 0 Å². The molecule has 1 aliphatic carbocycles. The number of Topliss-reactive ketones (excluding diaryl/α,β-unsaturated/α-hetero) is 1. The molecule has 2 atom stereocenters. The lowest BCUT2D eigenvalue weighted by atomic mass is 9.78. The van der Waals surface area contributed by atoms with Gasteiger partial charge < -0.3 is 4.90 Å². The lowest BCUT2D eigenvalue weighted by Crippen LogP contribution is -2.38. The molecule has 0 amide bonds. The van der Waals surface area contributed by atoms with Crippen molar-refractivity contribution < 1.29 is 4.79 Å². The molecule has 0 bridgehead atoms. The molecule has 1 aliphatic rings. The zero-order valence-corrected chi connectivity index (χ0v) is 12.7. The van der Waals surface area contributed by atoms with Crippen molar-refractivity contribution in [2.75, 3.05) is 19.6 Å².